The molecule has 13 aromatic rings. The SMILES string of the molecule is c1ccc(-c2cc(-n3c4ccccc4c4c5oc6ccccc6c5c5c(c6ccccc6n5-c5ccccc5)c43)ccc2-c2nc(-c3ccccc3)c3ccccc3n2)cc1. The number of hydrogen-bond donors (Lipinski definition) is 0. The van der Waals surface area contributed by atoms with E-state index >= 15 is 0 Å². The minimum absolute atomic E-state index is 0.683. The van der Waals surface area contributed by atoms with Crippen LogP contribution in [0, 0.1) is 0 Å². The minimum Gasteiger partial charge on any atom is -0.455 e. The van der Waals surface area contributed by atoms with Crippen LogP contribution in [0.2, 0.25) is 0 Å². The maximum atomic E-state index is 7.03. The zero-order valence-electron chi connectivity index (χ0n) is 32.8. The topological polar surface area (TPSA) is 48.8 Å². The molecule has 0 aliphatic rings. The van der Waals surface area contributed by atoms with Crippen molar-refractivity contribution >= 4 is 76.5 Å². The van der Waals surface area contributed by atoms with Crippen molar-refractivity contribution in [3.8, 4) is 45.1 Å². The average molecular weight is 779 g/mol. The predicted molar refractivity (Wildman–Crippen MR) is 252 cm³/mol. The van der Waals surface area contributed by atoms with Gasteiger partial charge in [-0.3, -0.25) is 0 Å². The molecule has 13 rings (SSSR count). The van der Waals surface area contributed by atoms with Crippen LogP contribution in [-0.2, 0) is 0 Å². The lowest BCUT2D eigenvalue weighted by molar-refractivity contribution is 0.673. The highest BCUT2D eigenvalue weighted by Crippen LogP contribution is 2.50. The zero-order chi connectivity index (χ0) is 40.0. The van der Waals surface area contributed by atoms with Crippen molar-refractivity contribution in [2.75, 3.05) is 0 Å². The number of furan rings is 1. The second-order valence-electron chi connectivity index (χ2n) is 15.7. The van der Waals surface area contributed by atoms with E-state index in [-0.39, 0.29) is 0 Å². The molecule has 0 spiro atoms. The van der Waals surface area contributed by atoms with Gasteiger partial charge < -0.3 is 13.6 Å². The Labute approximate surface area is 350 Å². The van der Waals surface area contributed by atoms with Gasteiger partial charge in [-0.05, 0) is 65.7 Å². The molecular formula is C56H34N4O. The number of benzene rings is 9. The Balaban J connectivity index is 1.18. The highest BCUT2D eigenvalue weighted by atomic mass is 16.3. The van der Waals surface area contributed by atoms with Gasteiger partial charge in [0.1, 0.15) is 11.2 Å². The van der Waals surface area contributed by atoms with Crippen molar-refractivity contribution in [2.24, 2.45) is 0 Å². The molecule has 0 aliphatic heterocycles. The van der Waals surface area contributed by atoms with Gasteiger partial charge in [-0.25, -0.2) is 9.97 Å². The summed E-state index contributed by atoms with van der Waals surface area (Å²) >= 11 is 0. The highest BCUT2D eigenvalue weighted by Gasteiger charge is 2.28. The Morgan fingerprint density at radius 2 is 0.918 bits per heavy atom. The van der Waals surface area contributed by atoms with Gasteiger partial charge in [0.15, 0.2) is 5.82 Å². The number of rotatable bonds is 5. The van der Waals surface area contributed by atoms with Crippen molar-refractivity contribution in [3.05, 3.63) is 206 Å². The van der Waals surface area contributed by atoms with Gasteiger partial charge in [-0.2, -0.15) is 0 Å². The lowest BCUT2D eigenvalue weighted by Crippen LogP contribution is -2.00. The van der Waals surface area contributed by atoms with Crippen LogP contribution in [0.15, 0.2) is 211 Å². The summed E-state index contributed by atoms with van der Waals surface area (Å²) in [6.07, 6.45) is 0. The fraction of sp³-hybridized carbons (Fsp3) is 0. The first-order chi connectivity index (χ1) is 30.3. The molecule has 61 heavy (non-hydrogen) atoms. The van der Waals surface area contributed by atoms with E-state index in [1.807, 2.05) is 12.1 Å². The van der Waals surface area contributed by atoms with E-state index in [1.165, 1.54) is 10.8 Å². The van der Waals surface area contributed by atoms with Crippen molar-refractivity contribution in [1.82, 2.24) is 19.1 Å². The van der Waals surface area contributed by atoms with Crippen LogP contribution in [0.3, 0.4) is 0 Å². The van der Waals surface area contributed by atoms with Gasteiger partial charge in [0, 0.05) is 49.4 Å². The molecule has 0 unspecified atom stereocenters. The standard InChI is InChI=1S/C56H34N4O/c1-4-18-35(19-5-1)44-34-38(32-33-39(44)56-57-45-28-14-10-24-40(45)52(58-56)36-20-6-2-7-21-36)60-47-30-16-12-26-42(47)50-53(60)49-41-25-11-15-29-46(41)59(37-22-8-3-9-23-37)54(49)51-43-27-13-17-31-48(43)61-55(50)51/h1-34H. The van der Waals surface area contributed by atoms with Gasteiger partial charge in [0.2, 0.25) is 0 Å². The Kier molecular flexibility index (Phi) is 7.24. The smallest absolute Gasteiger partial charge is 0.161 e. The van der Waals surface area contributed by atoms with Crippen molar-refractivity contribution in [1.29, 1.82) is 0 Å². The Morgan fingerprint density at radius 3 is 1.64 bits per heavy atom. The molecule has 5 nitrogen and oxygen atoms in total. The normalized spacial score (nSPS) is 11.9. The van der Waals surface area contributed by atoms with Gasteiger partial charge in [-0.15, -0.1) is 0 Å². The van der Waals surface area contributed by atoms with Gasteiger partial charge in [0.05, 0.1) is 44.0 Å². The quantitative estimate of drug-likeness (QED) is 0.175. The van der Waals surface area contributed by atoms with Crippen LogP contribution >= 0.6 is 0 Å². The second-order valence-corrected chi connectivity index (χ2v) is 15.7. The van der Waals surface area contributed by atoms with Crippen molar-refractivity contribution < 1.29 is 4.42 Å². The van der Waals surface area contributed by atoms with E-state index in [2.05, 4.69) is 203 Å². The molecule has 284 valence electrons. The first-order valence-electron chi connectivity index (χ1n) is 20.7. The molecule has 9 aromatic carbocycles. The van der Waals surface area contributed by atoms with Crippen molar-refractivity contribution in [2.45, 2.75) is 0 Å². The molecule has 0 saturated carbocycles. The van der Waals surface area contributed by atoms with Gasteiger partial charge in [0.25, 0.3) is 0 Å². The van der Waals surface area contributed by atoms with Gasteiger partial charge in [-0.1, -0.05) is 152 Å². The number of aromatic nitrogens is 4. The third-order valence-corrected chi connectivity index (χ3v) is 12.3. The van der Waals surface area contributed by atoms with E-state index in [4.69, 9.17) is 14.4 Å². The molecule has 0 N–H and O–H groups in total. The minimum atomic E-state index is 0.683. The molecule has 4 heterocycles. The van der Waals surface area contributed by atoms with E-state index in [0.29, 0.717) is 5.82 Å². The number of nitrogens with zero attached hydrogens (tertiary/aromatic N) is 4. The molecule has 0 atom stereocenters. The number of hydrogen-bond acceptors (Lipinski definition) is 3. The summed E-state index contributed by atoms with van der Waals surface area (Å²) in [6.45, 7) is 0. The molecule has 4 aromatic heterocycles. The molecule has 5 heteroatoms. The Morgan fingerprint density at radius 1 is 0.377 bits per heavy atom. The van der Waals surface area contributed by atoms with Crippen LogP contribution < -0.4 is 0 Å². The highest BCUT2D eigenvalue weighted by molar-refractivity contribution is 6.39. The van der Waals surface area contributed by atoms with Crippen molar-refractivity contribution in [3.63, 3.8) is 0 Å². The maximum absolute atomic E-state index is 7.03. The molecular weight excluding hydrogens is 745 g/mol. The number of fused-ring (bicyclic) bond motifs is 13. The van der Waals surface area contributed by atoms with Crippen LogP contribution in [0.1, 0.15) is 0 Å². The fourth-order valence-corrected chi connectivity index (χ4v) is 9.73. The van der Waals surface area contributed by atoms with E-state index in [0.717, 1.165) is 105 Å². The number of para-hydroxylation sites is 5. The third-order valence-electron chi connectivity index (χ3n) is 12.3. The summed E-state index contributed by atoms with van der Waals surface area (Å²) in [4.78, 5) is 10.6. The molecule has 0 amide bonds. The summed E-state index contributed by atoms with van der Waals surface area (Å²) in [5, 5.41) is 7.83. The van der Waals surface area contributed by atoms with Crippen LogP contribution in [0.4, 0.5) is 0 Å². The lowest BCUT2D eigenvalue weighted by Gasteiger charge is -2.16. The molecule has 0 bridgehead atoms. The fourth-order valence-electron chi connectivity index (χ4n) is 9.73. The average Bonchev–Trinajstić information content (AvgIpc) is 4.00. The largest absolute Gasteiger partial charge is 0.455 e. The maximum Gasteiger partial charge on any atom is 0.161 e. The lowest BCUT2D eigenvalue weighted by atomic mass is 9.97. The zero-order valence-corrected chi connectivity index (χ0v) is 32.8. The summed E-state index contributed by atoms with van der Waals surface area (Å²) < 4.78 is 11.9. The third kappa shape index (κ3) is 4.95. The Bertz CT molecular complexity index is 3860. The predicted octanol–water partition coefficient (Wildman–Crippen LogP) is 14.7. The van der Waals surface area contributed by atoms with E-state index in [9.17, 15) is 0 Å². The molecule has 0 radical (unpaired) electrons. The van der Waals surface area contributed by atoms with Crippen LogP contribution in [-0.4, -0.2) is 19.1 Å². The second kappa shape index (κ2) is 13.1. The summed E-state index contributed by atoms with van der Waals surface area (Å²) in [6, 6.07) is 72.8. The summed E-state index contributed by atoms with van der Waals surface area (Å²) in [5.41, 5.74) is 14.3. The first-order valence-corrected chi connectivity index (χ1v) is 20.7. The van der Waals surface area contributed by atoms with E-state index < -0.39 is 0 Å². The molecule has 0 saturated heterocycles. The molecule has 0 fully saturated rings. The van der Waals surface area contributed by atoms with Gasteiger partial charge >= 0.3 is 0 Å². The van der Waals surface area contributed by atoms with E-state index in [1.54, 1.807) is 0 Å². The Hall–Kier alpha value is -8.28. The first kappa shape index (κ1) is 33.7. The monoisotopic (exact) mass is 778 g/mol. The summed E-state index contributed by atoms with van der Waals surface area (Å²) in [5.74, 6) is 0.683. The summed E-state index contributed by atoms with van der Waals surface area (Å²) in [7, 11) is 0. The van der Waals surface area contributed by atoms with Crippen LogP contribution in [0.5, 0.6) is 0 Å². The molecule has 0 aliphatic carbocycles. The van der Waals surface area contributed by atoms with Crippen LogP contribution in [0.25, 0.3) is 122 Å².